The van der Waals surface area contributed by atoms with E-state index < -0.39 is 0 Å². The molecule has 0 bridgehead atoms. The van der Waals surface area contributed by atoms with Crippen LogP contribution in [-0.4, -0.2) is 44.8 Å². The van der Waals surface area contributed by atoms with Crippen LogP contribution in [0.5, 0.6) is 0 Å². The summed E-state index contributed by atoms with van der Waals surface area (Å²) >= 11 is 0. The molecule has 1 N–H and O–H groups in total. The lowest BCUT2D eigenvalue weighted by atomic mass is 9.92. The minimum Gasteiger partial charge on any atom is -0.366 e. The maximum atomic E-state index is 13.6. The van der Waals surface area contributed by atoms with Crippen LogP contribution in [0.3, 0.4) is 0 Å². The summed E-state index contributed by atoms with van der Waals surface area (Å²) in [6.07, 6.45) is 2.89. The van der Waals surface area contributed by atoms with E-state index in [0.717, 1.165) is 23.4 Å². The van der Waals surface area contributed by atoms with Crippen molar-refractivity contribution in [3.05, 3.63) is 53.3 Å². The number of amides is 1. The van der Waals surface area contributed by atoms with Crippen molar-refractivity contribution in [2.75, 3.05) is 16.8 Å². The molecule has 2 aromatic heterocycles. The Balaban J connectivity index is 1.51. The van der Waals surface area contributed by atoms with Crippen molar-refractivity contribution in [3.8, 4) is 11.5 Å². The number of fused-ring (bicyclic) bond motifs is 1. The van der Waals surface area contributed by atoms with Gasteiger partial charge in [0.2, 0.25) is 0 Å². The van der Waals surface area contributed by atoms with E-state index in [4.69, 9.17) is 4.98 Å². The predicted molar refractivity (Wildman–Crippen MR) is 129 cm³/mol. The van der Waals surface area contributed by atoms with Gasteiger partial charge in [0, 0.05) is 35.9 Å². The zero-order valence-corrected chi connectivity index (χ0v) is 19.9. The van der Waals surface area contributed by atoms with E-state index in [2.05, 4.69) is 60.2 Å². The Morgan fingerprint density at radius 1 is 1.18 bits per heavy atom. The number of hydrogen-bond donors (Lipinski definition) is 1. The summed E-state index contributed by atoms with van der Waals surface area (Å²) in [5, 5.41) is 11.6. The molecule has 0 saturated carbocycles. The molecule has 5 rings (SSSR count). The Hall–Kier alpha value is -3.26. The third kappa shape index (κ3) is 3.58. The lowest BCUT2D eigenvalue weighted by Crippen LogP contribution is -2.53. The number of benzene rings is 1. The first-order valence-electron chi connectivity index (χ1n) is 11.7. The average Bonchev–Trinajstić information content (AvgIpc) is 3.40. The third-order valence-corrected chi connectivity index (χ3v) is 6.79. The molecule has 0 radical (unpaired) electrons. The number of anilines is 2. The molecule has 8 heteroatoms. The molecule has 0 aliphatic carbocycles. The summed E-state index contributed by atoms with van der Waals surface area (Å²) in [6, 6.07) is 11.2. The van der Waals surface area contributed by atoms with Gasteiger partial charge in [-0.25, -0.2) is 4.98 Å². The Labute approximate surface area is 194 Å². The van der Waals surface area contributed by atoms with E-state index in [-0.39, 0.29) is 11.9 Å². The molecule has 1 aromatic carbocycles. The fourth-order valence-corrected chi connectivity index (χ4v) is 5.18. The smallest absolute Gasteiger partial charge is 0.260 e. The first-order valence-corrected chi connectivity index (χ1v) is 11.7. The highest BCUT2D eigenvalue weighted by molar-refractivity contribution is 6.10. The van der Waals surface area contributed by atoms with Gasteiger partial charge in [-0.05, 0) is 76.6 Å². The topological polar surface area (TPSA) is 79.2 Å². The van der Waals surface area contributed by atoms with Crippen LogP contribution in [0.15, 0.2) is 36.7 Å². The Morgan fingerprint density at radius 3 is 2.67 bits per heavy atom. The lowest BCUT2D eigenvalue weighted by Gasteiger charge is -2.47. The van der Waals surface area contributed by atoms with Crippen LogP contribution in [-0.2, 0) is 13.1 Å². The molecule has 172 valence electrons. The van der Waals surface area contributed by atoms with Gasteiger partial charge in [-0.3, -0.25) is 9.69 Å². The van der Waals surface area contributed by atoms with Gasteiger partial charge < -0.3 is 14.8 Å². The fourth-order valence-electron chi connectivity index (χ4n) is 5.18. The van der Waals surface area contributed by atoms with Gasteiger partial charge in [-0.15, -0.1) is 10.2 Å². The summed E-state index contributed by atoms with van der Waals surface area (Å²) < 4.78 is 1.99. The van der Waals surface area contributed by atoms with E-state index in [0.29, 0.717) is 36.0 Å². The molecule has 2 atom stereocenters. The molecule has 1 saturated heterocycles. The molecular formula is C25H31N7O. The van der Waals surface area contributed by atoms with Crippen molar-refractivity contribution in [2.24, 2.45) is 0 Å². The molecule has 8 nitrogen and oxygen atoms in total. The third-order valence-electron chi connectivity index (χ3n) is 6.79. The number of nitrogens with one attached hydrogen (secondary N) is 1. The Morgan fingerprint density at radius 2 is 1.97 bits per heavy atom. The average molecular weight is 446 g/mol. The molecule has 4 heterocycles. The van der Waals surface area contributed by atoms with Gasteiger partial charge in [0.05, 0.1) is 6.54 Å². The van der Waals surface area contributed by atoms with Crippen LogP contribution in [0.2, 0.25) is 0 Å². The van der Waals surface area contributed by atoms with Gasteiger partial charge in [0.1, 0.15) is 17.8 Å². The molecule has 0 unspecified atom stereocenters. The van der Waals surface area contributed by atoms with Crippen molar-refractivity contribution >= 4 is 17.4 Å². The number of nitrogens with zero attached hydrogens (tertiary/aromatic N) is 6. The highest BCUT2D eigenvalue weighted by Crippen LogP contribution is 2.38. The van der Waals surface area contributed by atoms with Crippen LogP contribution in [0.4, 0.5) is 11.5 Å². The standard InChI is InChI=1S/C25H31N7O/c1-15(2)31-14-27-29-24(31)22-7-6-8-23(28-22)30-13-21-18(12-26-5)10-19(11-20(21)25(30)33)32-16(3)9-17(32)4/h6-8,10-11,14-17,26H,9,12-13H2,1-5H3/t16-,17+. The summed E-state index contributed by atoms with van der Waals surface area (Å²) in [5.74, 6) is 1.34. The molecule has 1 fully saturated rings. The molecule has 33 heavy (non-hydrogen) atoms. The summed E-state index contributed by atoms with van der Waals surface area (Å²) in [4.78, 5) is 22.6. The van der Waals surface area contributed by atoms with E-state index in [1.807, 2.05) is 29.8 Å². The van der Waals surface area contributed by atoms with E-state index >= 15 is 0 Å². The van der Waals surface area contributed by atoms with Crippen molar-refractivity contribution < 1.29 is 4.79 Å². The van der Waals surface area contributed by atoms with Crippen LogP contribution in [0, 0.1) is 0 Å². The molecule has 3 aromatic rings. The van der Waals surface area contributed by atoms with Gasteiger partial charge in [0.15, 0.2) is 5.82 Å². The molecule has 0 spiro atoms. The van der Waals surface area contributed by atoms with Crippen LogP contribution < -0.4 is 15.1 Å². The number of carbonyl (C=O) groups excluding carboxylic acids is 1. The number of pyridine rings is 1. The summed E-state index contributed by atoms with van der Waals surface area (Å²) in [6.45, 7) is 9.88. The number of aromatic nitrogens is 4. The molecule has 2 aliphatic rings. The lowest BCUT2D eigenvalue weighted by molar-refractivity contribution is 0.0996. The largest absolute Gasteiger partial charge is 0.366 e. The molecule has 2 aliphatic heterocycles. The van der Waals surface area contributed by atoms with Crippen molar-refractivity contribution in [1.29, 1.82) is 0 Å². The Bertz CT molecular complexity index is 1190. The summed E-state index contributed by atoms with van der Waals surface area (Å²) in [5.41, 5.74) is 4.87. The van der Waals surface area contributed by atoms with E-state index in [1.165, 1.54) is 12.0 Å². The van der Waals surface area contributed by atoms with Crippen LogP contribution >= 0.6 is 0 Å². The number of rotatable bonds is 6. The van der Waals surface area contributed by atoms with Gasteiger partial charge >= 0.3 is 0 Å². The first-order chi connectivity index (χ1) is 15.9. The number of hydrogen-bond acceptors (Lipinski definition) is 6. The first kappa shape index (κ1) is 21.6. The quantitative estimate of drug-likeness (QED) is 0.622. The van der Waals surface area contributed by atoms with Gasteiger partial charge in [-0.2, -0.15) is 0 Å². The molecular weight excluding hydrogens is 414 g/mol. The van der Waals surface area contributed by atoms with Gasteiger partial charge in [-0.1, -0.05) is 6.07 Å². The summed E-state index contributed by atoms with van der Waals surface area (Å²) in [7, 11) is 1.94. The molecule has 1 amide bonds. The van der Waals surface area contributed by atoms with Crippen molar-refractivity contribution in [1.82, 2.24) is 25.1 Å². The zero-order valence-electron chi connectivity index (χ0n) is 19.9. The normalized spacial score (nSPS) is 19.9. The van der Waals surface area contributed by atoms with E-state index in [1.54, 1.807) is 11.2 Å². The van der Waals surface area contributed by atoms with Crippen LogP contribution in [0.25, 0.3) is 11.5 Å². The maximum Gasteiger partial charge on any atom is 0.260 e. The highest BCUT2D eigenvalue weighted by atomic mass is 16.2. The van der Waals surface area contributed by atoms with Crippen molar-refractivity contribution in [3.63, 3.8) is 0 Å². The van der Waals surface area contributed by atoms with Gasteiger partial charge in [0.25, 0.3) is 5.91 Å². The monoisotopic (exact) mass is 445 g/mol. The minimum absolute atomic E-state index is 0.00000840. The number of carbonyl (C=O) groups is 1. The minimum atomic E-state index is 0.00000840. The Kier molecular flexibility index (Phi) is 5.40. The SMILES string of the molecule is CNCc1cc(N2[C@H](C)C[C@@H]2C)cc2c1CN(c1cccc(-c3nncn3C(C)C)n1)C2=O. The van der Waals surface area contributed by atoms with Crippen LogP contribution in [0.1, 0.15) is 61.6 Å². The predicted octanol–water partition coefficient (Wildman–Crippen LogP) is 3.79. The van der Waals surface area contributed by atoms with E-state index in [9.17, 15) is 4.79 Å². The highest BCUT2D eigenvalue weighted by Gasteiger charge is 2.36. The zero-order chi connectivity index (χ0) is 23.3. The van der Waals surface area contributed by atoms with Crippen molar-refractivity contribution in [2.45, 2.75) is 65.3 Å². The maximum absolute atomic E-state index is 13.6. The second-order valence-electron chi connectivity index (χ2n) is 9.43. The fraction of sp³-hybridized carbons (Fsp3) is 0.440. The second kappa shape index (κ2) is 8.26. The second-order valence-corrected chi connectivity index (χ2v) is 9.43.